The van der Waals surface area contributed by atoms with Gasteiger partial charge < -0.3 is 18.8 Å². The summed E-state index contributed by atoms with van der Waals surface area (Å²) in [5.74, 6) is 0.910. The summed E-state index contributed by atoms with van der Waals surface area (Å²) in [6.45, 7) is 9.68. The lowest BCUT2D eigenvalue weighted by atomic mass is 9.87. The Morgan fingerprint density at radius 3 is 2.60 bits per heavy atom. The minimum absolute atomic E-state index is 0.0907. The smallest absolute Gasteiger partial charge is 0.307 e. The van der Waals surface area contributed by atoms with E-state index in [1.54, 1.807) is 32.6 Å². The molecule has 0 unspecified atom stereocenters. The highest BCUT2D eigenvalue weighted by molar-refractivity contribution is 9.10. The van der Waals surface area contributed by atoms with Crippen molar-refractivity contribution in [3.05, 3.63) is 57.8 Å². The Kier molecular flexibility index (Phi) is 6.94. The molecule has 0 saturated carbocycles. The maximum atomic E-state index is 12.7. The molecule has 0 spiro atoms. The molecule has 1 aliphatic heterocycles. The van der Waals surface area contributed by atoms with E-state index in [0.717, 1.165) is 39.6 Å². The highest BCUT2D eigenvalue weighted by Crippen LogP contribution is 2.42. The predicted molar refractivity (Wildman–Crippen MR) is 144 cm³/mol. The van der Waals surface area contributed by atoms with Crippen LogP contribution in [0.1, 0.15) is 55.8 Å². The van der Waals surface area contributed by atoms with Gasteiger partial charge in [-0.15, -0.1) is 0 Å². The number of hydrogen-bond acceptors (Lipinski definition) is 6. The normalized spacial score (nSPS) is 14.7. The predicted octanol–water partition coefficient (Wildman–Crippen LogP) is 6.39. The van der Waals surface area contributed by atoms with E-state index in [-0.39, 0.29) is 11.3 Å². The molecular formula is C27H30BrN3O4. The Balaban J connectivity index is 1.61. The van der Waals surface area contributed by atoms with Gasteiger partial charge in [0.1, 0.15) is 5.75 Å². The van der Waals surface area contributed by atoms with Gasteiger partial charge in [0.2, 0.25) is 0 Å². The van der Waals surface area contributed by atoms with Crippen molar-refractivity contribution in [1.82, 2.24) is 5.43 Å². The first-order valence-electron chi connectivity index (χ1n) is 11.5. The van der Waals surface area contributed by atoms with Gasteiger partial charge in [0.25, 0.3) is 0 Å². The van der Waals surface area contributed by atoms with Crippen molar-refractivity contribution >= 4 is 50.3 Å². The topological polar surface area (TPSA) is 76.3 Å². The number of nitrogens with zero attached hydrogens (tertiary/aromatic N) is 2. The van der Waals surface area contributed by atoms with Gasteiger partial charge in [0.15, 0.2) is 17.1 Å². The second kappa shape index (κ2) is 9.77. The zero-order chi connectivity index (χ0) is 25.3. The Labute approximate surface area is 213 Å². The van der Waals surface area contributed by atoms with Crippen LogP contribution in [-0.2, 0) is 0 Å². The van der Waals surface area contributed by atoms with Crippen LogP contribution < -0.4 is 19.8 Å². The van der Waals surface area contributed by atoms with Gasteiger partial charge in [0, 0.05) is 39.3 Å². The van der Waals surface area contributed by atoms with Crippen molar-refractivity contribution in [1.29, 1.82) is 0 Å². The van der Waals surface area contributed by atoms with Crippen LogP contribution in [0.4, 0.5) is 5.69 Å². The number of carbonyl (C=O) groups is 1. The zero-order valence-corrected chi connectivity index (χ0v) is 22.4. The van der Waals surface area contributed by atoms with Crippen LogP contribution in [0.2, 0.25) is 0 Å². The molecular weight excluding hydrogens is 510 g/mol. The summed E-state index contributed by atoms with van der Waals surface area (Å²) in [4.78, 5) is 15.1. The lowest BCUT2D eigenvalue weighted by Gasteiger charge is -2.43. The molecule has 0 aliphatic carbocycles. The maximum absolute atomic E-state index is 12.7. The molecule has 3 aromatic rings. The van der Waals surface area contributed by atoms with Crippen LogP contribution in [0.5, 0.6) is 11.5 Å². The van der Waals surface area contributed by atoms with Crippen molar-refractivity contribution in [2.24, 2.45) is 5.10 Å². The van der Waals surface area contributed by atoms with E-state index < -0.39 is 5.91 Å². The number of anilines is 1. The first kappa shape index (κ1) is 24.9. The Morgan fingerprint density at radius 2 is 1.91 bits per heavy atom. The van der Waals surface area contributed by atoms with Gasteiger partial charge in [-0.05, 0) is 57.0 Å². The summed E-state index contributed by atoms with van der Waals surface area (Å²) >= 11 is 3.44. The zero-order valence-electron chi connectivity index (χ0n) is 20.9. The third-order valence-corrected chi connectivity index (χ3v) is 6.59. The minimum Gasteiger partial charge on any atom is -0.496 e. The number of carbonyl (C=O) groups excluding carboxylic acids is 1. The number of allylic oxidation sites excluding steroid dienone is 1. The fourth-order valence-corrected chi connectivity index (χ4v) is 5.05. The number of hydrogen-bond donors (Lipinski definition) is 1. The molecule has 1 aliphatic rings. The van der Waals surface area contributed by atoms with Crippen LogP contribution in [-0.4, -0.2) is 38.4 Å². The van der Waals surface area contributed by atoms with Crippen LogP contribution in [0.15, 0.2) is 50.4 Å². The number of amides is 1. The van der Waals surface area contributed by atoms with E-state index in [1.165, 1.54) is 5.57 Å². The van der Waals surface area contributed by atoms with Crippen LogP contribution in [0.25, 0.3) is 16.5 Å². The number of hydrazone groups is 1. The first-order chi connectivity index (χ1) is 16.7. The molecule has 8 heteroatoms. The average Bonchev–Trinajstić information content (AvgIpc) is 3.24. The number of ether oxygens (including phenoxy) is 2. The van der Waals surface area contributed by atoms with E-state index in [1.807, 2.05) is 6.07 Å². The number of fused-ring (bicyclic) bond motifs is 2. The molecule has 0 radical (unpaired) electrons. The first-order valence-corrected chi connectivity index (χ1v) is 12.3. The molecule has 1 aromatic heterocycles. The highest BCUT2D eigenvalue weighted by Gasteiger charge is 2.31. The third-order valence-electron chi connectivity index (χ3n) is 6.14. The number of halogens is 1. The molecule has 7 nitrogen and oxygen atoms in total. The maximum Gasteiger partial charge on any atom is 0.307 e. The highest BCUT2D eigenvalue weighted by atomic mass is 79.9. The molecule has 0 saturated heterocycles. The Bertz CT molecular complexity index is 1340. The molecule has 1 amide bonds. The van der Waals surface area contributed by atoms with E-state index in [9.17, 15) is 4.79 Å². The summed E-state index contributed by atoms with van der Waals surface area (Å²) in [6.07, 6.45) is 4.92. The molecule has 0 fully saturated rings. The molecule has 2 heterocycles. The van der Waals surface area contributed by atoms with Gasteiger partial charge in [0.05, 0.1) is 26.0 Å². The van der Waals surface area contributed by atoms with Gasteiger partial charge >= 0.3 is 5.91 Å². The largest absolute Gasteiger partial charge is 0.496 e. The van der Waals surface area contributed by atoms with Gasteiger partial charge in [-0.2, -0.15) is 5.10 Å². The van der Waals surface area contributed by atoms with Crippen molar-refractivity contribution in [2.75, 3.05) is 25.7 Å². The van der Waals surface area contributed by atoms with Crippen LogP contribution >= 0.6 is 15.9 Å². The molecule has 0 bridgehead atoms. The van der Waals surface area contributed by atoms with E-state index >= 15 is 0 Å². The van der Waals surface area contributed by atoms with Crippen LogP contribution in [0, 0.1) is 0 Å². The standard InChI is InChI=1S/C27H30BrN3O4/c1-7-8-31-21-13-22(33-5)18(10-20(21)16(2)14-27(31,3)4)15-29-30-26(32)24-11-17-9-19(28)12-23(34-6)25(17)35-24/h9-15H,7-8H2,1-6H3,(H,30,32)/b29-15-. The number of benzene rings is 2. The summed E-state index contributed by atoms with van der Waals surface area (Å²) < 4.78 is 17.6. The number of nitrogens with one attached hydrogen (secondary N) is 1. The third kappa shape index (κ3) is 4.80. The summed E-state index contributed by atoms with van der Waals surface area (Å²) in [7, 11) is 3.19. The van der Waals surface area contributed by atoms with Gasteiger partial charge in [-0.25, -0.2) is 5.43 Å². The second-order valence-electron chi connectivity index (χ2n) is 9.08. The van der Waals surface area contributed by atoms with Gasteiger partial charge in [-0.3, -0.25) is 4.79 Å². The second-order valence-corrected chi connectivity index (χ2v) is 10.00. The average molecular weight is 540 g/mol. The van der Waals surface area contributed by atoms with Crippen LogP contribution in [0.3, 0.4) is 0 Å². The summed E-state index contributed by atoms with van der Waals surface area (Å²) in [6, 6.07) is 9.41. The molecule has 184 valence electrons. The Hall–Kier alpha value is -3.26. The van der Waals surface area contributed by atoms with Crippen molar-refractivity contribution in [3.63, 3.8) is 0 Å². The number of furan rings is 1. The van der Waals surface area contributed by atoms with E-state index in [4.69, 9.17) is 13.9 Å². The molecule has 2 aromatic carbocycles. The quantitative estimate of drug-likeness (QED) is 0.278. The number of rotatable bonds is 7. The monoisotopic (exact) mass is 539 g/mol. The number of methoxy groups -OCH3 is 2. The van der Waals surface area contributed by atoms with Gasteiger partial charge in [-0.1, -0.05) is 28.9 Å². The van der Waals surface area contributed by atoms with E-state index in [0.29, 0.717) is 17.1 Å². The molecule has 35 heavy (non-hydrogen) atoms. The molecule has 4 rings (SSSR count). The minimum atomic E-state index is -0.459. The fourth-order valence-electron chi connectivity index (χ4n) is 4.60. The van der Waals surface area contributed by atoms with Crippen molar-refractivity contribution < 1.29 is 18.7 Å². The lowest BCUT2D eigenvalue weighted by Crippen LogP contribution is -2.45. The molecule has 0 atom stereocenters. The fraction of sp³-hybridized carbons (Fsp3) is 0.333. The lowest BCUT2D eigenvalue weighted by molar-refractivity contribution is 0.0929. The summed E-state index contributed by atoms with van der Waals surface area (Å²) in [5.41, 5.74) is 7.19. The Morgan fingerprint density at radius 1 is 1.17 bits per heavy atom. The van der Waals surface area contributed by atoms with Crippen molar-refractivity contribution in [2.45, 2.75) is 39.7 Å². The SMILES string of the molecule is CCCN1c2cc(OC)c(/C=N\NC(=O)c3cc4cc(Br)cc(OC)c4o3)cc2C(C)=CC1(C)C. The van der Waals surface area contributed by atoms with E-state index in [2.05, 4.69) is 77.3 Å². The molecule has 1 N–H and O–H groups in total. The van der Waals surface area contributed by atoms with Crippen molar-refractivity contribution in [3.8, 4) is 11.5 Å². The summed E-state index contributed by atoms with van der Waals surface area (Å²) in [5, 5.41) is 4.93.